The SMILES string of the molecule is CC(C)C1CC(C#N)(c2ccc(Br)cc2)C1. The van der Waals surface area contributed by atoms with E-state index in [0.717, 1.165) is 17.3 Å². The number of halogens is 1. The Kier molecular flexibility index (Phi) is 3.08. The van der Waals surface area contributed by atoms with Crippen molar-refractivity contribution >= 4 is 15.9 Å². The zero-order chi connectivity index (χ0) is 11.8. The summed E-state index contributed by atoms with van der Waals surface area (Å²) in [4.78, 5) is 0. The number of benzene rings is 1. The first-order valence-corrected chi connectivity index (χ1v) is 6.54. The van der Waals surface area contributed by atoms with Crippen molar-refractivity contribution in [3.8, 4) is 6.07 Å². The fourth-order valence-corrected chi connectivity index (χ4v) is 2.73. The summed E-state index contributed by atoms with van der Waals surface area (Å²) in [7, 11) is 0. The van der Waals surface area contributed by atoms with Crippen LogP contribution >= 0.6 is 15.9 Å². The summed E-state index contributed by atoms with van der Waals surface area (Å²) >= 11 is 3.43. The second-order valence-corrected chi connectivity index (χ2v) is 6.03. The third kappa shape index (κ3) is 1.89. The predicted octanol–water partition coefficient (Wildman–Crippen LogP) is 4.28. The third-order valence-electron chi connectivity index (χ3n) is 3.77. The van der Waals surface area contributed by atoms with Crippen LogP contribution in [0.25, 0.3) is 0 Å². The fraction of sp³-hybridized carbons (Fsp3) is 0.500. The zero-order valence-corrected chi connectivity index (χ0v) is 11.3. The average molecular weight is 278 g/mol. The van der Waals surface area contributed by atoms with Crippen molar-refractivity contribution < 1.29 is 0 Å². The third-order valence-corrected chi connectivity index (χ3v) is 4.30. The Morgan fingerprint density at radius 1 is 1.31 bits per heavy atom. The minimum Gasteiger partial charge on any atom is -0.197 e. The summed E-state index contributed by atoms with van der Waals surface area (Å²) < 4.78 is 1.07. The van der Waals surface area contributed by atoms with Gasteiger partial charge in [0.1, 0.15) is 0 Å². The molecule has 0 saturated heterocycles. The molecule has 0 heterocycles. The Morgan fingerprint density at radius 3 is 2.31 bits per heavy atom. The second kappa shape index (κ2) is 4.22. The van der Waals surface area contributed by atoms with E-state index in [1.807, 2.05) is 12.1 Å². The van der Waals surface area contributed by atoms with Crippen LogP contribution in [-0.4, -0.2) is 0 Å². The van der Waals surface area contributed by atoms with Gasteiger partial charge in [-0.2, -0.15) is 5.26 Å². The monoisotopic (exact) mass is 277 g/mol. The molecule has 0 aromatic heterocycles. The lowest BCUT2D eigenvalue weighted by atomic mass is 9.57. The van der Waals surface area contributed by atoms with Crippen LogP contribution in [0, 0.1) is 23.2 Å². The minimum absolute atomic E-state index is 0.213. The molecule has 1 aromatic carbocycles. The summed E-state index contributed by atoms with van der Waals surface area (Å²) in [6.45, 7) is 4.49. The molecule has 1 saturated carbocycles. The molecule has 1 fully saturated rings. The van der Waals surface area contributed by atoms with E-state index in [-0.39, 0.29) is 5.41 Å². The van der Waals surface area contributed by atoms with Crippen molar-refractivity contribution in [2.24, 2.45) is 11.8 Å². The van der Waals surface area contributed by atoms with Gasteiger partial charge < -0.3 is 0 Å². The second-order valence-electron chi connectivity index (χ2n) is 5.11. The van der Waals surface area contributed by atoms with Crippen LogP contribution in [0.1, 0.15) is 32.3 Å². The maximum absolute atomic E-state index is 9.40. The van der Waals surface area contributed by atoms with Crippen molar-refractivity contribution in [2.75, 3.05) is 0 Å². The lowest BCUT2D eigenvalue weighted by molar-refractivity contribution is 0.145. The molecular formula is C14H16BrN. The van der Waals surface area contributed by atoms with Gasteiger partial charge >= 0.3 is 0 Å². The van der Waals surface area contributed by atoms with Gasteiger partial charge in [0.25, 0.3) is 0 Å². The number of rotatable bonds is 2. The topological polar surface area (TPSA) is 23.8 Å². The van der Waals surface area contributed by atoms with Crippen molar-refractivity contribution in [2.45, 2.75) is 32.1 Å². The van der Waals surface area contributed by atoms with E-state index in [2.05, 4.69) is 48.0 Å². The highest BCUT2D eigenvalue weighted by molar-refractivity contribution is 9.10. The largest absolute Gasteiger partial charge is 0.197 e. The first-order valence-electron chi connectivity index (χ1n) is 5.75. The molecule has 1 aliphatic rings. The Bertz CT molecular complexity index is 407. The number of nitrogens with zero attached hydrogens (tertiary/aromatic N) is 1. The molecule has 1 aromatic rings. The highest BCUT2D eigenvalue weighted by Gasteiger charge is 2.46. The molecule has 0 radical (unpaired) electrons. The number of hydrogen-bond acceptors (Lipinski definition) is 1. The molecular weight excluding hydrogens is 262 g/mol. The average Bonchev–Trinajstić information content (AvgIpc) is 2.19. The summed E-state index contributed by atoms with van der Waals surface area (Å²) in [5, 5.41) is 9.40. The summed E-state index contributed by atoms with van der Waals surface area (Å²) in [6, 6.07) is 10.7. The summed E-state index contributed by atoms with van der Waals surface area (Å²) in [5.74, 6) is 1.40. The van der Waals surface area contributed by atoms with Crippen LogP contribution in [0.2, 0.25) is 0 Å². The van der Waals surface area contributed by atoms with Crippen molar-refractivity contribution in [1.29, 1.82) is 5.26 Å². The molecule has 16 heavy (non-hydrogen) atoms. The van der Waals surface area contributed by atoms with Crippen LogP contribution in [0.4, 0.5) is 0 Å². The summed E-state index contributed by atoms with van der Waals surface area (Å²) in [5.41, 5.74) is 0.963. The maximum Gasteiger partial charge on any atom is 0.0827 e. The molecule has 0 bridgehead atoms. The fourth-order valence-electron chi connectivity index (χ4n) is 2.47. The van der Waals surface area contributed by atoms with Gasteiger partial charge in [0.2, 0.25) is 0 Å². The molecule has 1 nitrogen and oxygen atoms in total. The van der Waals surface area contributed by atoms with E-state index in [9.17, 15) is 5.26 Å². The van der Waals surface area contributed by atoms with E-state index in [0.29, 0.717) is 11.8 Å². The van der Waals surface area contributed by atoms with Gasteiger partial charge in [0.15, 0.2) is 0 Å². The van der Waals surface area contributed by atoms with Gasteiger partial charge in [-0.25, -0.2) is 0 Å². The zero-order valence-electron chi connectivity index (χ0n) is 9.70. The lowest BCUT2D eigenvalue weighted by Gasteiger charge is -2.45. The van der Waals surface area contributed by atoms with Crippen LogP contribution in [0.5, 0.6) is 0 Å². The van der Waals surface area contributed by atoms with Gasteiger partial charge in [-0.15, -0.1) is 0 Å². The molecule has 0 spiro atoms. The molecule has 0 N–H and O–H groups in total. The predicted molar refractivity (Wildman–Crippen MR) is 69.0 cm³/mol. The van der Waals surface area contributed by atoms with Crippen molar-refractivity contribution in [3.05, 3.63) is 34.3 Å². The molecule has 0 aliphatic heterocycles. The normalized spacial score (nSPS) is 28.6. The first-order chi connectivity index (χ1) is 7.57. The molecule has 84 valence electrons. The maximum atomic E-state index is 9.40. The number of hydrogen-bond donors (Lipinski definition) is 0. The van der Waals surface area contributed by atoms with Gasteiger partial charge in [-0.3, -0.25) is 0 Å². The van der Waals surface area contributed by atoms with Gasteiger partial charge in [0, 0.05) is 4.47 Å². The smallest absolute Gasteiger partial charge is 0.0827 e. The first kappa shape index (κ1) is 11.7. The molecule has 2 rings (SSSR count). The van der Waals surface area contributed by atoms with Crippen molar-refractivity contribution in [1.82, 2.24) is 0 Å². The summed E-state index contributed by atoms with van der Waals surface area (Å²) in [6.07, 6.45) is 2.03. The van der Waals surface area contributed by atoms with Crippen molar-refractivity contribution in [3.63, 3.8) is 0 Å². The van der Waals surface area contributed by atoms with Crippen LogP contribution < -0.4 is 0 Å². The van der Waals surface area contributed by atoms with E-state index < -0.39 is 0 Å². The molecule has 0 amide bonds. The molecule has 0 unspecified atom stereocenters. The Morgan fingerprint density at radius 2 is 1.88 bits per heavy atom. The van der Waals surface area contributed by atoms with Gasteiger partial charge in [-0.05, 0) is 42.4 Å². The molecule has 2 heteroatoms. The molecule has 1 aliphatic carbocycles. The Hall–Kier alpha value is -0.810. The highest BCUT2D eigenvalue weighted by Crippen LogP contribution is 2.50. The standard InChI is InChI=1S/C14H16BrN/c1-10(2)11-7-14(8-11,9-16)12-3-5-13(15)6-4-12/h3-6,10-11H,7-8H2,1-2H3. The number of nitriles is 1. The van der Waals surface area contributed by atoms with E-state index in [4.69, 9.17) is 0 Å². The van der Waals surface area contributed by atoms with Crippen LogP contribution in [0.3, 0.4) is 0 Å². The Balaban J connectivity index is 2.20. The van der Waals surface area contributed by atoms with Crippen LogP contribution in [0.15, 0.2) is 28.7 Å². The van der Waals surface area contributed by atoms with E-state index in [1.165, 1.54) is 5.56 Å². The Labute approximate surface area is 106 Å². The quantitative estimate of drug-likeness (QED) is 0.792. The van der Waals surface area contributed by atoms with Gasteiger partial charge in [-0.1, -0.05) is 41.9 Å². The lowest BCUT2D eigenvalue weighted by Crippen LogP contribution is -2.42. The minimum atomic E-state index is -0.213. The molecule has 0 atom stereocenters. The van der Waals surface area contributed by atoms with E-state index >= 15 is 0 Å². The van der Waals surface area contributed by atoms with Gasteiger partial charge in [0.05, 0.1) is 11.5 Å². The van der Waals surface area contributed by atoms with Crippen LogP contribution in [-0.2, 0) is 5.41 Å². The van der Waals surface area contributed by atoms with E-state index in [1.54, 1.807) is 0 Å². The highest BCUT2D eigenvalue weighted by atomic mass is 79.9.